The summed E-state index contributed by atoms with van der Waals surface area (Å²) in [5, 5.41) is 15.6. The molecule has 2 rings (SSSR count). The zero-order valence-corrected chi connectivity index (χ0v) is 9.53. The van der Waals surface area contributed by atoms with Crippen molar-refractivity contribution in [1.29, 1.82) is 0 Å². The van der Waals surface area contributed by atoms with Crippen LogP contribution in [0.15, 0.2) is 12.3 Å². The van der Waals surface area contributed by atoms with Crippen LogP contribution in [-0.2, 0) is 0 Å². The molecule has 3 N–H and O–H groups in total. The Morgan fingerprint density at radius 1 is 1.50 bits per heavy atom. The highest BCUT2D eigenvalue weighted by Crippen LogP contribution is 2.37. The van der Waals surface area contributed by atoms with Crippen molar-refractivity contribution in [3.63, 3.8) is 0 Å². The molecule has 88 valence electrons. The first kappa shape index (κ1) is 11.1. The minimum Gasteiger partial charge on any atom is -0.394 e. The molecule has 0 radical (unpaired) electrons. The van der Waals surface area contributed by atoms with E-state index in [0.717, 1.165) is 31.6 Å². The van der Waals surface area contributed by atoms with Crippen LogP contribution in [0.3, 0.4) is 0 Å². The molecule has 1 aliphatic carbocycles. The number of hydrogen-bond acceptors (Lipinski definition) is 5. The molecular formula is C11H18N4O. The fraction of sp³-hybridized carbons (Fsp3) is 0.636. The quantitative estimate of drug-likeness (QED) is 0.675. The maximum Gasteiger partial charge on any atom is 0.224 e. The van der Waals surface area contributed by atoms with Gasteiger partial charge >= 0.3 is 0 Å². The van der Waals surface area contributed by atoms with Crippen molar-refractivity contribution >= 4 is 11.8 Å². The molecule has 1 aromatic heterocycles. The van der Waals surface area contributed by atoms with E-state index in [1.807, 2.05) is 6.07 Å². The van der Waals surface area contributed by atoms with E-state index >= 15 is 0 Å². The van der Waals surface area contributed by atoms with Crippen molar-refractivity contribution in [3.05, 3.63) is 12.3 Å². The first-order valence-corrected chi connectivity index (χ1v) is 5.74. The molecule has 1 fully saturated rings. The number of rotatable bonds is 6. The first-order valence-electron chi connectivity index (χ1n) is 5.74. The molecule has 0 unspecified atom stereocenters. The van der Waals surface area contributed by atoms with Gasteiger partial charge in [0, 0.05) is 12.7 Å². The number of aliphatic hydroxyl groups is 1. The Bertz CT molecular complexity index is 352. The summed E-state index contributed by atoms with van der Waals surface area (Å²) >= 11 is 0. The molecule has 0 atom stereocenters. The molecule has 1 heterocycles. The van der Waals surface area contributed by atoms with Crippen LogP contribution in [0.25, 0.3) is 0 Å². The van der Waals surface area contributed by atoms with Crippen molar-refractivity contribution < 1.29 is 5.11 Å². The Labute approximate surface area is 95.3 Å². The number of nitrogens with zero attached hydrogens (tertiary/aromatic N) is 2. The zero-order chi connectivity index (χ0) is 11.4. The monoisotopic (exact) mass is 222 g/mol. The van der Waals surface area contributed by atoms with E-state index in [2.05, 4.69) is 27.5 Å². The van der Waals surface area contributed by atoms with Crippen LogP contribution in [-0.4, -0.2) is 33.8 Å². The van der Waals surface area contributed by atoms with Gasteiger partial charge in [-0.15, -0.1) is 0 Å². The third-order valence-electron chi connectivity index (χ3n) is 2.74. The van der Waals surface area contributed by atoms with Crippen molar-refractivity contribution in [1.82, 2.24) is 9.97 Å². The Morgan fingerprint density at radius 3 is 2.94 bits per heavy atom. The highest BCUT2D eigenvalue weighted by molar-refractivity contribution is 5.43. The molecule has 1 aromatic rings. The van der Waals surface area contributed by atoms with Gasteiger partial charge in [-0.3, -0.25) is 0 Å². The zero-order valence-electron chi connectivity index (χ0n) is 9.53. The van der Waals surface area contributed by atoms with Crippen LogP contribution in [0.2, 0.25) is 0 Å². The van der Waals surface area contributed by atoms with Gasteiger partial charge in [0.2, 0.25) is 5.95 Å². The summed E-state index contributed by atoms with van der Waals surface area (Å²) in [4.78, 5) is 8.47. The lowest BCUT2D eigenvalue weighted by Gasteiger charge is -2.15. The average Bonchev–Trinajstić information content (AvgIpc) is 3.07. The molecule has 0 saturated heterocycles. The lowest BCUT2D eigenvalue weighted by molar-refractivity contribution is 0.266. The van der Waals surface area contributed by atoms with Gasteiger partial charge in [0.25, 0.3) is 0 Å². The van der Waals surface area contributed by atoms with Crippen LogP contribution in [0.5, 0.6) is 0 Å². The molecule has 5 heteroatoms. The highest BCUT2D eigenvalue weighted by atomic mass is 16.3. The summed E-state index contributed by atoms with van der Waals surface area (Å²) in [6.45, 7) is 3.13. The normalized spacial score (nSPS) is 16.9. The largest absolute Gasteiger partial charge is 0.394 e. The molecule has 5 nitrogen and oxygen atoms in total. The van der Waals surface area contributed by atoms with Gasteiger partial charge in [-0.1, -0.05) is 6.92 Å². The van der Waals surface area contributed by atoms with E-state index in [9.17, 15) is 5.11 Å². The second-order valence-corrected chi connectivity index (χ2v) is 4.26. The van der Waals surface area contributed by atoms with Gasteiger partial charge in [-0.2, -0.15) is 4.98 Å². The number of nitrogens with one attached hydrogen (secondary N) is 2. The van der Waals surface area contributed by atoms with E-state index in [0.29, 0.717) is 5.95 Å². The van der Waals surface area contributed by atoms with Crippen molar-refractivity contribution in [3.8, 4) is 0 Å². The van der Waals surface area contributed by atoms with E-state index in [1.54, 1.807) is 6.20 Å². The van der Waals surface area contributed by atoms with Gasteiger partial charge in [0.05, 0.1) is 12.1 Å². The molecule has 0 aromatic carbocycles. The third-order valence-corrected chi connectivity index (χ3v) is 2.74. The molecule has 0 amide bonds. The van der Waals surface area contributed by atoms with Gasteiger partial charge in [0.1, 0.15) is 5.82 Å². The summed E-state index contributed by atoms with van der Waals surface area (Å²) < 4.78 is 0. The molecule has 1 saturated carbocycles. The van der Waals surface area contributed by atoms with E-state index in [-0.39, 0.29) is 12.1 Å². The standard InChI is InChI=1S/C11H18N4O/c1-2-6-12-10-13-7-3-9(14-10)15-11(8-16)4-5-11/h3,7,16H,2,4-6,8H2,1H3,(H2,12,13,14,15). The summed E-state index contributed by atoms with van der Waals surface area (Å²) in [7, 11) is 0. The van der Waals surface area contributed by atoms with Crippen molar-refractivity contribution in [2.24, 2.45) is 0 Å². The van der Waals surface area contributed by atoms with Crippen LogP contribution >= 0.6 is 0 Å². The van der Waals surface area contributed by atoms with Gasteiger partial charge < -0.3 is 15.7 Å². The number of hydrogen-bond donors (Lipinski definition) is 3. The van der Waals surface area contributed by atoms with Gasteiger partial charge in [0.15, 0.2) is 0 Å². The maximum absolute atomic E-state index is 9.21. The summed E-state index contributed by atoms with van der Waals surface area (Å²) in [5.41, 5.74) is -0.129. The van der Waals surface area contributed by atoms with E-state index < -0.39 is 0 Å². The van der Waals surface area contributed by atoms with Crippen LogP contribution in [0.1, 0.15) is 26.2 Å². The second-order valence-electron chi connectivity index (χ2n) is 4.26. The van der Waals surface area contributed by atoms with Crippen molar-refractivity contribution in [2.45, 2.75) is 31.7 Å². The van der Waals surface area contributed by atoms with Crippen LogP contribution in [0.4, 0.5) is 11.8 Å². The number of anilines is 2. The third kappa shape index (κ3) is 2.61. The Balaban J connectivity index is 1.99. The molecule has 1 aliphatic rings. The first-order chi connectivity index (χ1) is 7.78. The van der Waals surface area contributed by atoms with Gasteiger partial charge in [-0.05, 0) is 25.3 Å². The Kier molecular flexibility index (Phi) is 3.24. The molecule has 0 bridgehead atoms. The fourth-order valence-corrected chi connectivity index (χ4v) is 1.50. The molecule has 0 aliphatic heterocycles. The summed E-state index contributed by atoms with van der Waals surface area (Å²) in [6.07, 6.45) is 4.78. The summed E-state index contributed by atoms with van der Waals surface area (Å²) in [6, 6.07) is 1.83. The number of aliphatic hydroxyl groups excluding tert-OH is 1. The fourth-order valence-electron chi connectivity index (χ4n) is 1.50. The molecule has 0 spiro atoms. The molecule has 16 heavy (non-hydrogen) atoms. The summed E-state index contributed by atoms with van der Waals surface area (Å²) in [5.74, 6) is 1.42. The lowest BCUT2D eigenvalue weighted by atomic mass is 10.3. The van der Waals surface area contributed by atoms with E-state index in [1.165, 1.54) is 0 Å². The topological polar surface area (TPSA) is 70.1 Å². The van der Waals surface area contributed by atoms with Gasteiger partial charge in [-0.25, -0.2) is 4.98 Å². The highest BCUT2D eigenvalue weighted by Gasteiger charge is 2.42. The van der Waals surface area contributed by atoms with E-state index in [4.69, 9.17) is 0 Å². The second kappa shape index (κ2) is 4.65. The molecular weight excluding hydrogens is 204 g/mol. The van der Waals surface area contributed by atoms with Crippen LogP contribution < -0.4 is 10.6 Å². The van der Waals surface area contributed by atoms with Crippen molar-refractivity contribution in [2.75, 3.05) is 23.8 Å². The maximum atomic E-state index is 9.21. The lowest BCUT2D eigenvalue weighted by Crippen LogP contribution is -2.26. The minimum atomic E-state index is -0.129. The Morgan fingerprint density at radius 2 is 2.31 bits per heavy atom. The predicted octanol–water partition coefficient (Wildman–Crippen LogP) is 1.24. The average molecular weight is 222 g/mol. The smallest absolute Gasteiger partial charge is 0.224 e. The Hall–Kier alpha value is -1.36. The number of aromatic nitrogens is 2. The van der Waals surface area contributed by atoms with Crippen LogP contribution in [0, 0.1) is 0 Å². The minimum absolute atomic E-state index is 0.129. The SMILES string of the molecule is CCCNc1nccc(NC2(CO)CC2)n1. The predicted molar refractivity (Wildman–Crippen MR) is 63.5 cm³/mol.